The first kappa shape index (κ1) is 21.2. The van der Waals surface area contributed by atoms with Gasteiger partial charge in [-0.1, -0.05) is 31.9 Å². The van der Waals surface area contributed by atoms with E-state index in [4.69, 9.17) is 0 Å². The molecule has 3 aromatic rings. The van der Waals surface area contributed by atoms with Crippen LogP contribution in [-0.4, -0.2) is 22.2 Å². The Hall–Kier alpha value is -3.54. The van der Waals surface area contributed by atoms with Crippen molar-refractivity contribution >= 4 is 23.7 Å². The molecular formula is C24H26N4O2. The van der Waals surface area contributed by atoms with E-state index in [1.807, 2.05) is 36.4 Å². The number of amides is 1. The summed E-state index contributed by atoms with van der Waals surface area (Å²) in [6, 6.07) is 14.7. The quantitative estimate of drug-likeness (QED) is 0.475. The van der Waals surface area contributed by atoms with Gasteiger partial charge in [0.05, 0.1) is 5.56 Å². The molecule has 2 aromatic heterocycles. The Morgan fingerprint density at radius 2 is 1.83 bits per heavy atom. The van der Waals surface area contributed by atoms with Gasteiger partial charge in [0.15, 0.2) is 0 Å². The fourth-order valence-electron chi connectivity index (χ4n) is 3.17. The fourth-order valence-corrected chi connectivity index (χ4v) is 3.17. The summed E-state index contributed by atoms with van der Waals surface area (Å²) in [5.74, 6) is 0.173. The van der Waals surface area contributed by atoms with Crippen molar-refractivity contribution in [2.24, 2.45) is 0 Å². The first-order valence-electron chi connectivity index (χ1n) is 10.2. The second kappa shape index (κ2) is 10.9. The Morgan fingerprint density at radius 3 is 2.53 bits per heavy atom. The van der Waals surface area contributed by atoms with Crippen LogP contribution in [0.3, 0.4) is 0 Å². The summed E-state index contributed by atoms with van der Waals surface area (Å²) in [5, 5.41) is 6.12. The SMILES string of the molecule is CCCCC(C=O)c1ccc(NC(=O)c2cccnc2NCc2ccncc2)cc1. The van der Waals surface area contributed by atoms with Gasteiger partial charge < -0.3 is 15.4 Å². The molecule has 1 unspecified atom stereocenters. The summed E-state index contributed by atoms with van der Waals surface area (Å²) in [6.45, 7) is 2.65. The van der Waals surface area contributed by atoms with E-state index in [9.17, 15) is 9.59 Å². The molecule has 1 atom stereocenters. The molecule has 3 rings (SSSR count). The average Bonchev–Trinajstić information content (AvgIpc) is 2.80. The van der Waals surface area contributed by atoms with Crippen LogP contribution in [0.5, 0.6) is 0 Å². The highest BCUT2D eigenvalue weighted by Gasteiger charge is 2.14. The summed E-state index contributed by atoms with van der Waals surface area (Å²) in [6.07, 6.45) is 9.01. The molecule has 1 aromatic carbocycles. The van der Waals surface area contributed by atoms with E-state index in [2.05, 4.69) is 27.5 Å². The van der Waals surface area contributed by atoms with Crippen molar-refractivity contribution in [3.8, 4) is 0 Å². The van der Waals surface area contributed by atoms with E-state index in [1.165, 1.54) is 0 Å². The van der Waals surface area contributed by atoms with Crippen LogP contribution in [0, 0.1) is 0 Å². The van der Waals surface area contributed by atoms with Gasteiger partial charge >= 0.3 is 0 Å². The molecule has 2 N–H and O–H groups in total. The summed E-state index contributed by atoms with van der Waals surface area (Å²) < 4.78 is 0. The summed E-state index contributed by atoms with van der Waals surface area (Å²) in [5.41, 5.74) is 3.15. The molecule has 0 fully saturated rings. The number of aldehydes is 1. The van der Waals surface area contributed by atoms with Crippen molar-refractivity contribution in [2.75, 3.05) is 10.6 Å². The Bertz CT molecular complexity index is 958. The Labute approximate surface area is 176 Å². The molecule has 30 heavy (non-hydrogen) atoms. The number of unbranched alkanes of at least 4 members (excludes halogenated alkanes) is 1. The van der Waals surface area contributed by atoms with Crippen molar-refractivity contribution < 1.29 is 9.59 Å². The predicted octanol–water partition coefficient (Wildman–Crippen LogP) is 4.81. The van der Waals surface area contributed by atoms with Crippen LogP contribution in [0.25, 0.3) is 0 Å². The molecule has 0 radical (unpaired) electrons. The van der Waals surface area contributed by atoms with Crippen LogP contribution in [0.4, 0.5) is 11.5 Å². The molecule has 154 valence electrons. The van der Waals surface area contributed by atoms with Gasteiger partial charge in [0, 0.05) is 36.7 Å². The lowest BCUT2D eigenvalue weighted by Gasteiger charge is -2.13. The molecule has 6 heteroatoms. The van der Waals surface area contributed by atoms with Gasteiger partial charge in [-0.05, 0) is 53.9 Å². The number of anilines is 2. The maximum absolute atomic E-state index is 12.8. The van der Waals surface area contributed by atoms with Crippen molar-refractivity contribution in [3.05, 3.63) is 83.8 Å². The van der Waals surface area contributed by atoms with E-state index in [-0.39, 0.29) is 11.8 Å². The van der Waals surface area contributed by atoms with Crippen molar-refractivity contribution in [3.63, 3.8) is 0 Å². The summed E-state index contributed by atoms with van der Waals surface area (Å²) >= 11 is 0. The lowest BCUT2D eigenvalue weighted by molar-refractivity contribution is -0.109. The first-order chi connectivity index (χ1) is 14.7. The highest BCUT2D eigenvalue weighted by Crippen LogP contribution is 2.22. The van der Waals surface area contributed by atoms with E-state index in [0.717, 1.165) is 36.7 Å². The fraction of sp³-hybridized carbons (Fsp3) is 0.250. The monoisotopic (exact) mass is 402 g/mol. The van der Waals surface area contributed by atoms with Crippen LogP contribution in [0.2, 0.25) is 0 Å². The lowest BCUT2D eigenvalue weighted by atomic mass is 9.95. The number of aromatic nitrogens is 2. The minimum absolute atomic E-state index is 0.1000. The molecule has 2 heterocycles. The van der Waals surface area contributed by atoms with E-state index < -0.39 is 0 Å². The van der Waals surface area contributed by atoms with Crippen molar-refractivity contribution in [1.82, 2.24) is 9.97 Å². The van der Waals surface area contributed by atoms with Gasteiger partial charge in [0.2, 0.25) is 0 Å². The highest BCUT2D eigenvalue weighted by molar-refractivity contribution is 6.07. The molecular weight excluding hydrogens is 376 g/mol. The molecule has 0 aliphatic carbocycles. The number of carbonyl (C=O) groups excluding carboxylic acids is 2. The third-order valence-corrected chi connectivity index (χ3v) is 4.89. The van der Waals surface area contributed by atoms with Crippen LogP contribution in [0.1, 0.15) is 53.6 Å². The van der Waals surface area contributed by atoms with Crippen LogP contribution in [0.15, 0.2) is 67.1 Å². The minimum Gasteiger partial charge on any atom is -0.365 e. The highest BCUT2D eigenvalue weighted by atomic mass is 16.1. The van der Waals surface area contributed by atoms with E-state index >= 15 is 0 Å². The zero-order valence-corrected chi connectivity index (χ0v) is 17.0. The maximum atomic E-state index is 12.8. The number of nitrogens with zero attached hydrogens (tertiary/aromatic N) is 2. The van der Waals surface area contributed by atoms with Gasteiger partial charge in [-0.25, -0.2) is 4.98 Å². The average molecular weight is 402 g/mol. The Balaban J connectivity index is 1.66. The smallest absolute Gasteiger partial charge is 0.259 e. The van der Waals surface area contributed by atoms with Crippen molar-refractivity contribution in [1.29, 1.82) is 0 Å². The number of hydrogen-bond donors (Lipinski definition) is 2. The van der Waals surface area contributed by atoms with Gasteiger partial charge in [-0.15, -0.1) is 0 Å². The Kier molecular flexibility index (Phi) is 7.66. The second-order valence-electron chi connectivity index (χ2n) is 7.07. The number of pyridine rings is 2. The molecule has 0 aliphatic rings. The molecule has 0 bridgehead atoms. The van der Waals surface area contributed by atoms with Gasteiger partial charge in [-0.3, -0.25) is 9.78 Å². The minimum atomic E-state index is -0.244. The van der Waals surface area contributed by atoms with Crippen molar-refractivity contribution in [2.45, 2.75) is 38.6 Å². The number of hydrogen-bond acceptors (Lipinski definition) is 5. The lowest BCUT2D eigenvalue weighted by Crippen LogP contribution is -2.15. The molecule has 0 spiro atoms. The number of carbonyl (C=O) groups is 2. The summed E-state index contributed by atoms with van der Waals surface area (Å²) in [4.78, 5) is 32.5. The Morgan fingerprint density at radius 1 is 1.07 bits per heavy atom. The summed E-state index contributed by atoms with van der Waals surface area (Å²) in [7, 11) is 0. The van der Waals surface area contributed by atoms with E-state index in [0.29, 0.717) is 23.6 Å². The normalized spacial score (nSPS) is 11.5. The molecule has 0 saturated heterocycles. The zero-order valence-electron chi connectivity index (χ0n) is 17.0. The topological polar surface area (TPSA) is 84.0 Å². The van der Waals surface area contributed by atoms with Gasteiger partial charge in [-0.2, -0.15) is 0 Å². The third-order valence-electron chi connectivity index (χ3n) is 4.89. The van der Waals surface area contributed by atoms with Gasteiger partial charge in [0.25, 0.3) is 5.91 Å². The molecule has 0 aliphatic heterocycles. The number of benzene rings is 1. The first-order valence-corrected chi connectivity index (χ1v) is 10.2. The van der Waals surface area contributed by atoms with Crippen LogP contribution < -0.4 is 10.6 Å². The molecule has 1 amide bonds. The molecule has 0 saturated carbocycles. The van der Waals surface area contributed by atoms with E-state index in [1.54, 1.807) is 30.7 Å². The van der Waals surface area contributed by atoms with Crippen LogP contribution in [-0.2, 0) is 11.3 Å². The van der Waals surface area contributed by atoms with Crippen LogP contribution >= 0.6 is 0 Å². The predicted molar refractivity (Wildman–Crippen MR) is 119 cm³/mol. The van der Waals surface area contributed by atoms with Gasteiger partial charge in [0.1, 0.15) is 12.1 Å². The molecule has 6 nitrogen and oxygen atoms in total. The standard InChI is InChI=1S/C24H26N4O2/c1-2-3-5-20(17-29)19-7-9-21(10-8-19)28-24(30)22-6-4-13-26-23(22)27-16-18-11-14-25-15-12-18/h4,6-15,17,20H,2-3,5,16H2,1H3,(H,26,27)(H,28,30). The third kappa shape index (κ3) is 5.73. The number of nitrogens with one attached hydrogen (secondary N) is 2. The number of rotatable bonds is 10. The largest absolute Gasteiger partial charge is 0.365 e. The maximum Gasteiger partial charge on any atom is 0.259 e. The zero-order chi connectivity index (χ0) is 21.2. The second-order valence-corrected chi connectivity index (χ2v) is 7.07.